The molecule has 4 heterocycles. The van der Waals surface area contributed by atoms with Crippen LogP contribution in [0.3, 0.4) is 0 Å². The molecule has 1 spiro atoms. The first-order valence-electron chi connectivity index (χ1n) is 17.1. The summed E-state index contributed by atoms with van der Waals surface area (Å²) in [5.41, 5.74) is 1.85. The van der Waals surface area contributed by atoms with Gasteiger partial charge in [-0.15, -0.1) is 0 Å². The molecule has 0 bridgehead atoms. The summed E-state index contributed by atoms with van der Waals surface area (Å²) in [5.74, 6) is -3.69. The largest absolute Gasteiger partial charge is 0.455 e. The number of aliphatic hydroxyl groups is 1. The predicted octanol–water partition coefficient (Wildman–Crippen LogP) is 3.33. The molecule has 0 aliphatic carbocycles. The third kappa shape index (κ3) is 6.54. The normalized spacial score (nSPS) is 30.8. The number of aryl methyl sites for hydroxylation is 2. The number of carbonyl (C=O) groups excluding carboxylic acids is 4. The molecule has 0 unspecified atom stereocenters. The van der Waals surface area contributed by atoms with E-state index >= 15 is 0 Å². The van der Waals surface area contributed by atoms with E-state index in [4.69, 9.17) is 14.2 Å². The molecule has 4 aliphatic heterocycles. The Hall–Kier alpha value is -4.32. The van der Waals surface area contributed by atoms with E-state index in [1.165, 1.54) is 7.11 Å². The molecule has 2 aromatic carbocycles. The van der Waals surface area contributed by atoms with Gasteiger partial charge in [-0.3, -0.25) is 19.2 Å². The molecule has 6 rings (SSSR count). The lowest BCUT2D eigenvalue weighted by atomic mass is 9.77. The van der Waals surface area contributed by atoms with Crippen molar-refractivity contribution in [3.05, 3.63) is 89.5 Å². The molecule has 0 aromatic heterocycles. The Morgan fingerprint density at radius 3 is 2.57 bits per heavy atom. The van der Waals surface area contributed by atoms with Crippen molar-refractivity contribution in [2.75, 3.05) is 38.3 Å². The van der Waals surface area contributed by atoms with E-state index in [1.807, 2.05) is 68.5 Å². The van der Waals surface area contributed by atoms with Gasteiger partial charge >= 0.3 is 5.97 Å². The summed E-state index contributed by atoms with van der Waals surface area (Å²) >= 11 is 0. The zero-order valence-corrected chi connectivity index (χ0v) is 28.2. The number of nitrogens with zero attached hydrogens (tertiary/aromatic N) is 2. The highest BCUT2D eigenvalue weighted by molar-refractivity contribution is 6.06. The van der Waals surface area contributed by atoms with Crippen molar-refractivity contribution >= 4 is 29.4 Å². The lowest BCUT2D eigenvalue weighted by molar-refractivity contribution is -0.162. The molecule has 260 valence electrons. The number of ether oxygens (including phenoxy) is 3. The fraction of sp³-hybridized carbons (Fsp3) is 0.474. The zero-order chi connectivity index (χ0) is 34.7. The average Bonchev–Trinajstić information content (AvgIpc) is 3.47. The molecule has 4 aliphatic rings. The fourth-order valence-electron chi connectivity index (χ4n) is 7.75. The van der Waals surface area contributed by atoms with Crippen LogP contribution >= 0.6 is 0 Å². The van der Waals surface area contributed by atoms with Crippen molar-refractivity contribution in [1.29, 1.82) is 0 Å². The molecular formula is C38H45N3O8. The fourth-order valence-corrected chi connectivity index (χ4v) is 7.75. The van der Waals surface area contributed by atoms with Gasteiger partial charge in [0.05, 0.1) is 24.7 Å². The number of unbranched alkanes of at least 4 members (excludes halogenated alkanes) is 1. The molecule has 11 heteroatoms. The van der Waals surface area contributed by atoms with Crippen LogP contribution in [0.15, 0.2) is 72.8 Å². The van der Waals surface area contributed by atoms with E-state index in [1.54, 1.807) is 28.0 Å². The smallest absolute Gasteiger partial charge is 0.313 e. The summed E-state index contributed by atoms with van der Waals surface area (Å²) < 4.78 is 18.6. The Labute approximate surface area is 286 Å². The SMILES string of the molecule is COC[C@H]1NC(=O)CC/C=C\[C@H]2O[C@]34C=CCN(c5cc(C)ccc5C)C(=O)[C@H]3N(CCCCO)C(=O)[C@@H]4[C@H]2C(=O)O[C@@H]1c1ccccc1. The monoisotopic (exact) mass is 671 g/mol. The lowest BCUT2D eigenvalue weighted by Gasteiger charge is -2.35. The van der Waals surface area contributed by atoms with Gasteiger partial charge in [0.1, 0.15) is 23.7 Å². The van der Waals surface area contributed by atoms with Gasteiger partial charge < -0.3 is 34.4 Å². The Kier molecular flexibility index (Phi) is 10.3. The molecule has 11 nitrogen and oxygen atoms in total. The number of likely N-dealkylation sites (tertiary alicyclic amines) is 1. The number of fused-ring (bicyclic) bond motifs is 2. The minimum absolute atomic E-state index is 0.0535. The highest BCUT2D eigenvalue weighted by Crippen LogP contribution is 2.53. The number of carbonyl (C=O) groups is 4. The summed E-state index contributed by atoms with van der Waals surface area (Å²) in [4.78, 5) is 60.3. The van der Waals surface area contributed by atoms with Gasteiger partial charge in [0.25, 0.3) is 5.91 Å². The Bertz CT molecular complexity index is 1630. The van der Waals surface area contributed by atoms with Crippen molar-refractivity contribution in [1.82, 2.24) is 10.2 Å². The molecule has 49 heavy (non-hydrogen) atoms. The average molecular weight is 672 g/mol. The second-order valence-corrected chi connectivity index (χ2v) is 13.3. The number of anilines is 1. The maximum Gasteiger partial charge on any atom is 0.313 e. The Morgan fingerprint density at radius 2 is 1.82 bits per heavy atom. The predicted molar refractivity (Wildman–Crippen MR) is 181 cm³/mol. The summed E-state index contributed by atoms with van der Waals surface area (Å²) in [6.07, 6.45) is 6.82. The van der Waals surface area contributed by atoms with Crippen molar-refractivity contribution in [3.63, 3.8) is 0 Å². The highest BCUT2D eigenvalue weighted by atomic mass is 16.6. The number of amides is 3. The topological polar surface area (TPSA) is 135 Å². The van der Waals surface area contributed by atoms with Gasteiger partial charge in [-0.2, -0.15) is 0 Å². The second kappa shape index (κ2) is 14.7. The van der Waals surface area contributed by atoms with E-state index in [0.717, 1.165) is 16.8 Å². The van der Waals surface area contributed by atoms with Crippen LogP contribution in [-0.4, -0.2) is 90.9 Å². The van der Waals surface area contributed by atoms with Crippen LogP contribution in [0.5, 0.6) is 0 Å². The summed E-state index contributed by atoms with van der Waals surface area (Å²) in [5, 5.41) is 12.5. The van der Waals surface area contributed by atoms with Gasteiger partial charge in [0, 0.05) is 38.9 Å². The Balaban J connectivity index is 1.45. The van der Waals surface area contributed by atoms with Crippen LogP contribution in [0.2, 0.25) is 0 Å². The molecule has 3 amide bonds. The third-order valence-electron chi connectivity index (χ3n) is 10.0. The van der Waals surface area contributed by atoms with Crippen molar-refractivity contribution in [2.45, 2.75) is 69.4 Å². The number of methoxy groups -OCH3 is 1. The summed E-state index contributed by atoms with van der Waals surface area (Å²) in [6, 6.07) is 13.3. The van der Waals surface area contributed by atoms with Gasteiger partial charge in [0.15, 0.2) is 0 Å². The van der Waals surface area contributed by atoms with E-state index in [0.29, 0.717) is 24.8 Å². The molecule has 7 atom stereocenters. The standard InChI is InChI=1S/C38H45N3O8/c1-24-16-17-25(2)28(22-24)40-20-11-18-38-32(35(44)41(19-9-10-21-42)34(38)36(40)45)31-29(49-38)14-7-8-15-30(43)39-27(23-47-3)33(48-37(31)46)26-12-5-4-6-13-26/h4-7,11-14,16-18,22,27,29,31-34,42H,8-10,15,19-21,23H2,1-3H3,(H,39,43)/b14-7-/t27-,29-,31+,32+,33-,34-,38+/m1/s1. The van der Waals surface area contributed by atoms with Crippen LogP contribution < -0.4 is 10.2 Å². The first-order chi connectivity index (χ1) is 23.7. The van der Waals surface area contributed by atoms with Gasteiger partial charge in [-0.1, -0.05) is 66.8 Å². The number of nitrogens with one attached hydrogen (secondary N) is 1. The molecule has 2 saturated heterocycles. The quantitative estimate of drug-likeness (QED) is 0.248. The maximum atomic E-state index is 14.8. The number of rotatable bonds is 8. The zero-order valence-electron chi connectivity index (χ0n) is 28.2. The lowest BCUT2D eigenvalue weighted by Crippen LogP contribution is -2.55. The minimum Gasteiger partial charge on any atom is -0.455 e. The molecule has 2 fully saturated rings. The molecule has 0 radical (unpaired) electrons. The van der Waals surface area contributed by atoms with Gasteiger partial charge in [-0.05, 0) is 55.9 Å². The van der Waals surface area contributed by atoms with E-state index < -0.39 is 47.7 Å². The number of hydrogen-bond donors (Lipinski definition) is 2. The number of cyclic esters (lactones) is 1. The van der Waals surface area contributed by atoms with Crippen molar-refractivity contribution in [3.8, 4) is 0 Å². The summed E-state index contributed by atoms with van der Waals surface area (Å²) in [6.45, 7) is 4.40. The van der Waals surface area contributed by atoms with Gasteiger partial charge in [-0.25, -0.2) is 0 Å². The third-order valence-corrected chi connectivity index (χ3v) is 10.0. The van der Waals surface area contributed by atoms with Crippen molar-refractivity contribution in [2.24, 2.45) is 11.8 Å². The van der Waals surface area contributed by atoms with E-state index in [2.05, 4.69) is 5.32 Å². The first kappa shape index (κ1) is 34.5. The molecular weight excluding hydrogens is 626 g/mol. The van der Waals surface area contributed by atoms with Crippen LogP contribution in [-0.2, 0) is 33.4 Å². The van der Waals surface area contributed by atoms with Crippen LogP contribution in [0.4, 0.5) is 5.69 Å². The first-order valence-corrected chi connectivity index (χ1v) is 17.1. The minimum atomic E-state index is -1.46. The van der Waals surface area contributed by atoms with E-state index in [9.17, 15) is 24.3 Å². The molecule has 2 N–H and O–H groups in total. The molecule has 2 aromatic rings. The second-order valence-electron chi connectivity index (χ2n) is 13.3. The van der Waals surface area contributed by atoms with Crippen LogP contribution in [0.1, 0.15) is 48.5 Å². The van der Waals surface area contributed by atoms with Gasteiger partial charge in [0.2, 0.25) is 11.8 Å². The maximum absolute atomic E-state index is 14.8. The number of allylic oxidation sites excluding steroid dienone is 1. The number of aliphatic hydroxyl groups excluding tert-OH is 1. The van der Waals surface area contributed by atoms with Crippen LogP contribution in [0.25, 0.3) is 0 Å². The van der Waals surface area contributed by atoms with E-state index in [-0.39, 0.29) is 50.4 Å². The van der Waals surface area contributed by atoms with Crippen molar-refractivity contribution < 1.29 is 38.5 Å². The number of benzene rings is 2. The number of hydrogen-bond acceptors (Lipinski definition) is 8. The van der Waals surface area contributed by atoms with Crippen LogP contribution in [0, 0.1) is 25.7 Å². The summed E-state index contributed by atoms with van der Waals surface area (Å²) in [7, 11) is 1.51. The Morgan fingerprint density at radius 1 is 1.02 bits per heavy atom. The number of esters is 1. The highest BCUT2D eigenvalue weighted by Gasteiger charge is 2.71. The molecule has 0 saturated carbocycles.